The molecule has 0 bridgehead atoms. The van der Waals surface area contributed by atoms with Crippen LogP contribution in [-0.4, -0.2) is 8.41 Å². The SMILES string of the molecule is Cc1ccccc1-c1ccc([P+](c2ccccc2)(c2ccccc2)c2ccccc2)c(-c2ccccc2C)c1-c1ccccc1C.[B+3]. The van der Waals surface area contributed by atoms with Gasteiger partial charge < -0.3 is 0 Å². The maximum atomic E-state index is 2.46. The van der Waals surface area contributed by atoms with Gasteiger partial charge in [-0.2, -0.15) is 0 Å². The Kier molecular flexibility index (Phi) is 9.39. The van der Waals surface area contributed by atoms with E-state index in [0.29, 0.717) is 0 Å². The summed E-state index contributed by atoms with van der Waals surface area (Å²) in [6, 6.07) is 65.2. The van der Waals surface area contributed by atoms with Crippen LogP contribution in [0.3, 0.4) is 0 Å². The van der Waals surface area contributed by atoms with Gasteiger partial charge in [0.2, 0.25) is 0 Å². The Morgan fingerprint density at radius 3 is 1.04 bits per heavy atom. The van der Waals surface area contributed by atoms with Crippen LogP contribution in [0.15, 0.2) is 176 Å². The minimum Gasteiger partial charge on any atom is -0.0620 e. The molecule has 0 radical (unpaired) electrons. The summed E-state index contributed by atoms with van der Waals surface area (Å²) in [6.07, 6.45) is 0. The molecule has 2 heteroatoms. The molecule has 0 aromatic heterocycles. The Hall–Kier alpha value is -4.97. The van der Waals surface area contributed by atoms with Crippen LogP contribution in [0, 0.1) is 20.8 Å². The molecule has 0 aliphatic carbocycles. The van der Waals surface area contributed by atoms with Crippen molar-refractivity contribution in [1.82, 2.24) is 0 Å². The summed E-state index contributed by atoms with van der Waals surface area (Å²) < 4.78 is 0. The van der Waals surface area contributed by atoms with Crippen molar-refractivity contribution < 1.29 is 0 Å². The molecule has 0 aliphatic heterocycles. The van der Waals surface area contributed by atoms with Crippen molar-refractivity contribution in [1.29, 1.82) is 0 Å². The van der Waals surface area contributed by atoms with Crippen molar-refractivity contribution >= 4 is 36.9 Å². The fourth-order valence-corrected chi connectivity index (χ4v) is 11.5. The van der Waals surface area contributed by atoms with Gasteiger partial charge >= 0.3 is 8.41 Å². The fourth-order valence-electron chi connectivity index (χ4n) is 7.05. The van der Waals surface area contributed by atoms with Gasteiger partial charge in [0.15, 0.2) is 0 Å². The molecule has 0 saturated heterocycles. The average Bonchev–Trinajstić information content (AvgIpc) is 3.11. The standard InChI is InChI=1S/C45H38P.B/c1-33-19-13-16-28-39(33)42-31-32-43(45(41-30-18-15-21-35(41)3)44(42)40-29-17-14-20-34(40)2)46(36-22-7-4-8-23-36,37-24-9-5-10-25-37)38-26-11-6-12-27-38;/h4-32H,1-3H3;/q+1;+3. The molecule has 7 aromatic rings. The molecule has 0 saturated carbocycles. The third-order valence-corrected chi connectivity index (χ3v) is 13.6. The van der Waals surface area contributed by atoms with Gasteiger partial charge in [-0.1, -0.05) is 127 Å². The van der Waals surface area contributed by atoms with E-state index in [-0.39, 0.29) is 8.41 Å². The van der Waals surface area contributed by atoms with E-state index >= 15 is 0 Å². The number of benzene rings is 7. The Morgan fingerprint density at radius 1 is 0.298 bits per heavy atom. The van der Waals surface area contributed by atoms with Gasteiger partial charge in [0.1, 0.15) is 28.5 Å². The van der Waals surface area contributed by atoms with Crippen molar-refractivity contribution in [3.8, 4) is 33.4 Å². The summed E-state index contributed by atoms with van der Waals surface area (Å²) in [4.78, 5) is 0. The van der Waals surface area contributed by atoms with Crippen LogP contribution in [0.25, 0.3) is 33.4 Å². The molecular weight excluding hydrogens is 582 g/mol. The minimum atomic E-state index is -2.41. The van der Waals surface area contributed by atoms with E-state index in [0.717, 1.165) is 0 Å². The van der Waals surface area contributed by atoms with Crippen molar-refractivity contribution in [2.75, 3.05) is 0 Å². The first-order valence-corrected chi connectivity index (χ1v) is 17.8. The fraction of sp³-hybridized carbons (Fsp3) is 0.0667. The van der Waals surface area contributed by atoms with Crippen LogP contribution >= 0.6 is 7.26 Å². The first-order valence-electron chi connectivity index (χ1n) is 16.0. The van der Waals surface area contributed by atoms with E-state index in [4.69, 9.17) is 0 Å². The third kappa shape index (κ3) is 5.67. The van der Waals surface area contributed by atoms with Gasteiger partial charge in [0, 0.05) is 11.1 Å². The molecule has 222 valence electrons. The summed E-state index contributed by atoms with van der Waals surface area (Å²) in [7, 11) is -2.41. The van der Waals surface area contributed by atoms with Crippen LogP contribution < -0.4 is 21.2 Å². The minimum absolute atomic E-state index is 0. The normalized spacial score (nSPS) is 11.1. The van der Waals surface area contributed by atoms with Gasteiger partial charge in [-0.25, -0.2) is 0 Å². The molecule has 0 heterocycles. The first-order chi connectivity index (χ1) is 22.6. The monoisotopic (exact) mass is 620 g/mol. The zero-order chi connectivity index (χ0) is 31.5. The van der Waals surface area contributed by atoms with Gasteiger partial charge in [-0.15, -0.1) is 0 Å². The zero-order valence-electron chi connectivity index (χ0n) is 27.3. The molecule has 7 rings (SSSR count). The molecule has 7 aromatic carbocycles. The second kappa shape index (κ2) is 13.8. The summed E-state index contributed by atoms with van der Waals surface area (Å²) in [6.45, 7) is 6.74. The van der Waals surface area contributed by atoms with Crippen molar-refractivity contribution in [2.24, 2.45) is 0 Å². The molecule has 0 aliphatic rings. The molecular formula is C45H38BP+4. The average molecular weight is 621 g/mol. The summed E-state index contributed by atoms with van der Waals surface area (Å²) >= 11 is 0. The van der Waals surface area contributed by atoms with Crippen LogP contribution in [0.2, 0.25) is 0 Å². The van der Waals surface area contributed by atoms with Crippen molar-refractivity contribution in [3.05, 3.63) is 193 Å². The molecule has 0 amide bonds. The molecule has 0 fully saturated rings. The predicted molar refractivity (Wildman–Crippen MR) is 207 cm³/mol. The Labute approximate surface area is 282 Å². The second-order valence-corrected chi connectivity index (χ2v) is 15.4. The van der Waals surface area contributed by atoms with E-state index in [1.165, 1.54) is 71.3 Å². The van der Waals surface area contributed by atoms with E-state index in [1.54, 1.807) is 0 Å². The molecule has 0 nitrogen and oxygen atoms in total. The molecule has 0 unspecified atom stereocenters. The van der Waals surface area contributed by atoms with Crippen LogP contribution in [0.5, 0.6) is 0 Å². The van der Waals surface area contributed by atoms with Gasteiger partial charge in [-0.05, 0) is 108 Å². The molecule has 0 spiro atoms. The van der Waals surface area contributed by atoms with Gasteiger partial charge in [0.05, 0.1) is 0 Å². The summed E-state index contributed by atoms with van der Waals surface area (Å²) in [5.74, 6) is 0. The summed E-state index contributed by atoms with van der Waals surface area (Å²) in [5, 5.41) is 5.42. The van der Waals surface area contributed by atoms with Gasteiger partial charge in [0.25, 0.3) is 0 Å². The van der Waals surface area contributed by atoms with E-state index < -0.39 is 7.26 Å². The zero-order valence-corrected chi connectivity index (χ0v) is 28.2. The third-order valence-electron chi connectivity index (χ3n) is 9.24. The molecule has 0 N–H and O–H groups in total. The summed E-state index contributed by atoms with van der Waals surface area (Å²) in [5.41, 5.74) is 11.5. The Balaban J connectivity index is 0.00000386. The largest absolute Gasteiger partial charge is 3.00 e. The topological polar surface area (TPSA) is 0 Å². The number of hydrogen-bond acceptors (Lipinski definition) is 0. The predicted octanol–water partition coefficient (Wildman–Crippen LogP) is 9.85. The quantitative estimate of drug-likeness (QED) is 0.123. The van der Waals surface area contributed by atoms with Gasteiger partial charge in [-0.3, -0.25) is 0 Å². The Morgan fingerprint density at radius 2 is 0.638 bits per heavy atom. The van der Waals surface area contributed by atoms with E-state index in [1.807, 2.05) is 0 Å². The first kappa shape index (κ1) is 32.0. The maximum absolute atomic E-state index is 2.46. The second-order valence-electron chi connectivity index (χ2n) is 12.0. The molecule has 47 heavy (non-hydrogen) atoms. The van der Waals surface area contributed by atoms with E-state index in [9.17, 15) is 0 Å². The van der Waals surface area contributed by atoms with Crippen LogP contribution in [0.4, 0.5) is 0 Å². The number of aryl methyl sites for hydroxylation is 3. The smallest absolute Gasteiger partial charge is 0.0620 e. The van der Waals surface area contributed by atoms with Crippen molar-refractivity contribution in [2.45, 2.75) is 20.8 Å². The van der Waals surface area contributed by atoms with E-state index in [2.05, 4.69) is 197 Å². The maximum Gasteiger partial charge on any atom is 3.00 e. The van der Waals surface area contributed by atoms with Crippen LogP contribution in [0.1, 0.15) is 16.7 Å². The van der Waals surface area contributed by atoms with Crippen molar-refractivity contribution in [3.63, 3.8) is 0 Å². The Bertz CT molecular complexity index is 2020. The molecule has 0 atom stereocenters. The van der Waals surface area contributed by atoms with Crippen LogP contribution in [-0.2, 0) is 0 Å². The number of rotatable bonds is 7. The number of hydrogen-bond donors (Lipinski definition) is 0.